The zero-order valence-corrected chi connectivity index (χ0v) is 17.2. The van der Waals surface area contributed by atoms with Gasteiger partial charge in [0.05, 0.1) is 12.8 Å². The Hall–Kier alpha value is -4.19. The molecule has 1 heterocycles. The molecule has 0 atom stereocenters. The number of methoxy groups -OCH3 is 1. The number of carbonyl (C=O) groups is 1. The van der Waals surface area contributed by atoms with E-state index in [1.54, 1.807) is 31.4 Å². The largest absolute Gasteiger partial charge is 0.493 e. The average molecular weight is 411 g/mol. The van der Waals surface area contributed by atoms with E-state index in [4.69, 9.17) is 9.47 Å². The van der Waals surface area contributed by atoms with E-state index < -0.39 is 0 Å². The van der Waals surface area contributed by atoms with Gasteiger partial charge in [0.2, 0.25) is 5.88 Å². The average Bonchev–Trinajstić information content (AvgIpc) is 2.81. The topological polar surface area (TPSA) is 73.3 Å². The molecule has 0 aliphatic heterocycles. The number of aromatic nitrogens is 2. The van der Waals surface area contributed by atoms with Crippen LogP contribution in [0.5, 0.6) is 17.4 Å². The maximum absolute atomic E-state index is 12.7. The van der Waals surface area contributed by atoms with Gasteiger partial charge in [0, 0.05) is 22.9 Å². The second-order valence-corrected chi connectivity index (χ2v) is 6.90. The molecule has 0 fully saturated rings. The first-order valence-electron chi connectivity index (χ1n) is 9.74. The molecular weight excluding hydrogens is 390 g/mol. The lowest BCUT2D eigenvalue weighted by Gasteiger charge is -2.10. The third-order valence-corrected chi connectivity index (χ3v) is 4.66. The maximum atomic E-state index is 12.7. The summed E-state index contributed by atoms with van der Waals surface area (Å²) in [6.45, 7) is 2.00. The molecule has 0 radical (unpaired) electrons. The zero-order chi connectivity index (χ0) is 21.6. The van der Waals surface area contributed by atoms with E-state index in [2.05, 4.69) is 15.3 Å². The number of hydrogen-bond acceptors (Lipinski definition) is 5. The van der Waals surface area contributed by atoms with Crippen LogP contribution in [0.25, 0.3) is 11.3 Å². The van der Waals surface area contributed by atoms with Crippen molar-refractivity contribution in [1.29, 1.82) is 0 Å². The molecule has 0 saturated carbocycles. The van der Waals surface area contributed by atoms with Crippen molar-refractivity contribution in [3.8, 4) is 28.6 Å². The monoisotopic (exact) mass is 411 g/mol. The lowest BCUT2D eigenvalue weighted by atomic mass is 10.1. The van der Waals surface area contributed by atoms with E-state index in [1.807, 2.05) is 61.5 Å². The Morgan fingerprint density at radius 3 is 2.42 bits per heavy atom. The van der Waals surface area contributed by atoms with Crippen LogP contribution in [0.2, 0.25) is 0 Å². The van der Waals surface area contributed by atoms with Gasteiger partial charge in [-0.15, -0.1) is 0 Å². The molecule has 0 aliphatic rings. The third kappa shape index (κ3) is 4.87. The van der Waals surface area contributed by atoms with Crippen LogP contribution in [-0.4, -0.2) is 23.0 Å². The highest BCUT2D eigenvalue weighted by Gasteiger charge is 2.11. The lowest BCUT2D eigenvalue weighted by molar-refractivity contribution is 0.102. The second-order valence-electron chi connectivity index (χ2n) is 6.90. The summed E-state index contributed by atoms with van der Waals surface area (Å²) in [7, 11) is 1.58. The highest BCUT2D eigenvalue weighted by molar-refractivity contribution is 6.04. The normalized spacial score (nSPS) is 10.4. The van der Waals surface area contributed by atoms with Crippen molar-refractivity contribution in [3.05, 3.63) is 96.3 Å². The SMILES string of the molecule is COc1ccccc1Oc1cc(-c2cccc(C(=O)Nc3ccc(C)cc3)c2)ncn1. The van der Waals surface area contributed by atoms with Crippen molar-refractivity contribution in [2.24, 2.45) is 0 Å². The third-order valence-electron chi connectivity index (χ3n) is 4.66. The van der Waals surface area contributed by atoms with Crippen molar-refractivity contribution in [1.82, 2.24) is 9.97 Å². The molecule has 6 heteroatoms. The highest BCUT2D eigenvalue weighted by atomic mass is 16.5. The fourth-order valence-electron chi connectivity index (χ4n) is 3.03. The van der Waals surface area contributed by atoms with Crippen LogP contribution >= 0.6 is 0 Å². The van der Waals surface area contributed by atoms with Gasteiger partial charge >= 0.3 is 0 Å². The first-order valence-corrected chi connectivity index (χ1v) is 9.74. The van der Waals surface area contributed by atoms with Crippen molar-refractivity contribution < 1.29 is 14.3 Å². The quantitative estimate of drug-likeness (QED) is 0.453. The van der Waals surface area contributed by atoms with Crippen molar-refractivity contribution >= 4 is 11.6 Å². The number of para-hydroxylation sites is 2. The smallest absolute Gasteiger partial charge is 0.255 e. The standard InChI is InChI=1S/C25H21N3O3/c1-17-10-12-20(13-11-17)28-25(29)19-7-5-6-18(14-19)21-15-24(27-16-26-21)31-23-9-4-3-8-22(23)30-2/h3-16H,1-2H3,(H,28,29). The summed E-state index contributed by atoms with van der Waals surface area (Å²) in [5.41, 5.74) is 3.84. The summed E-state index contributed by atoms with van der Waals surface area (Å²) < 4.78 is 11.2. The van der Waals surface area contributed by atoms with Crippen molar-refractivity contribution in [2.45, 2.75) is 6.92 Å². The summed E-state index contributed by atoms with van der Waals surface area (Å²) >= 11 is 0. The van der Waals surface area contributed by atoms with E-state index in [1.165, 1.54) is 6.33 Å². The van der Waals surface area contributed by atoms with Crippen molar-refractivity contribution in [3.63, 3.8) is 0 Å². The fraction of sp³-hybridized carbons (Fsp3) is 0.0800. The van der Waals surface area contributed by atoms with Gasteiger partial charge in [-0.3, -0.25) is 4.79 Å². The molecule has 0 spiro atoms. The Balaban J connectivity index is 1.55. The molecule has 0 unspecified atom stereocenters. The summed E-state index contributed by atoms with van der Waals surface area (Å²) in [5.74, 6) is 1.35. The number of benzene rings is 3. The molecule has 1 aromatic heterocycles. The Labute approximate surface area is 180 Å². The van der Waals surface area contributed by atoms with Gasteiger partial charge in [-0.25, -0.2) is 9.97 Å². The van der Waals surface area contributed by atoms with Gasteiger partial charge < -0.3 is 14.8 Å². The number of nitrogens with one attached hydrogen (secondary N) is 1. The van der Waals surface area contributed by atoms with E-state index in [9.17, 15) is 4.79 Å². The van der Waals surface area contributed by atoms with Crippen molar-refractivity contribution in [2.75, 3.05) is 12.4 Å². The van der Waals surface area contributed by atoms with Crippen LogP contribution in [0.1, 0.15) is 15.9 Å². The number of rotatable bonds is 6. The highest BCUT2D eigenvalue weighted by Crippen LogP contribution is 2.31. The fourth-order valence-corrected chi connectivity index (χ4v) is 3.03. The Bertz CT molecular complexity index is 1210. The Morgan fingerprint density at radius 1 is 0.871 bits per heavy atom. The molecule has 154 valence electrons. The van der Waals surface area contributed by atoms with E-state index in [0.717, 1.165) is 16.8 Å². The summed E-state index contributed by atoms with van der Waals surface area (Å²) in [6.07, 6.45) is 1.43. The number of aryl methyl sites for hydroxylation is 1. The van der Waals surface area contributed by atoms with Crippen LogP contribution in [0.15, 0.2) is 85.2 Å². The zero-order valence-electron chi connectivity index (χ0n) is 17.2. The first-order chi connectivity index (χ1) is 15.1. The Morgan fingerprint density at radius 2 is 1.65 bits per heavy atom. The van der Waals surface area contributed by atoms with E-state index >= 15 is 0 Å². The van der Waals surface area contributed by atoms with Gasteiger partial charge in [0.25, 0.3) is 5.91 Å². The minimum absolute atomic E-state index is 0.190. The van der Waals surface area contributed by atoms with Gasteiger partial charge in [-0.2, -0.15) is 0 Å². The molecule has 0 saturated heterocycles. The van der Waals surface area contributed by atoms with Gasteiger partial charge in [0.15, 0.2) is 11.5 Å². The number of anilines is 1. The number of hydrogen-bond donors (Lipinski definition) is 1. The summed E-state index contributed by atoms with van der Waals surface area (Å²) in [5, 5.41) is 2.91. The predicted molar refractivity (Wildman–Crippen MR) is 120 cm³/mol. The molecule has 0 bridgehead atoms. The lowest BCUT2D eigenvalue weighted by Crippen LogP contribution is -2.11. The maximum Gasteiger partial charge on any atom is 0.255 e. The predicted octanol–water partition coefficient (Wildman–Crippen LogP) is 5.51. The summed E-state index contributed by atoms with van der Waals surface area (Å²) in [4.78, 5) is 21.2. The molecule has 4 aromatic rings. The molecule has 1 amide bonds. The number of carbonyl (C=O) groups excluding carboxylic acids is 1. The van der Waals surface area contributed by atoms with Crippen LogP contribution < -0.4 is 14.8 Å². The van der Waals surface area contributed by atoms with Gasteiger partial charge in [0.1, 0.15) is 6.33 Å². The van der Waals surface area contributed by atoms with Gasteiger partial charge in [-0.05, 0) is 43.3 Å². The van der Waals surface area contributed by atoms with E-state index in [-0.39, 0.29) is 5.91 Å². The minimum Gasteiger partial charge on any atom is -0.493 e. The number of nitrogens with zero attached hydrogens (tertiary/aromatic N) is 2. The van der Waals surface area contributed by atoms with E-state index in [0.29, 0.717) is 28.6 Å². The molecular formula is C25H21N3O3. The first kappa shape index (κ1) is 20.1. The van der Waals surface area contributed by atoms with Crippen LogP contribution in [0, 0.1) is 6.92 Å². The number of ether oxygens (including phenoxy) is 2. The molecule has 0 aliphatic carbocycles. The molecule has 6 nitrogen and oxygen atoms in total. The second kappa shape index (κ2) is 9.09. The van der Waals surface area contributed by atoms with Crippen LogP contribution in [0.4, 0.5) is 5.69 Å². The molecule has 1 N–H and O–H groups in total. The summed E-state index contributed by atoms with van der Waals surface area (Å²) in [6, 6.07) is 24.0. The molecule has 4 rings (SSSR count). The van der Waals surface area contributed by atoms with Crippen LogP contribution in [0.3, 0.4) is 0 Å². The Kier molecular flexibility index (Phi) is 5.89. The number of amides is 1. The van der Waals surface area contributed by atoms with Crippen LogP contribution in [-0.2, 0) is 0 Å². The molecule has 3 aromatic carbocycles. The minimum atomic E-state index is -0.190. The molecule has 31 heavy (non-hydrogen) atoms. The van der Waals surface area contributed by atoms with Gasteiger partial charge in [-0.1, -0.05) is 42.0 Å².